The van der Waals surface area contributed by atoms with Gasteiger partial charge in [-0.05, 0) is 37.8 Å². The fourth-order valence-corrected chi connectivity index (χ4v) is 3.55. The van der Waals surface area contributed by atoms with Crippen molar-refractivity contribution in [3.8, 4) is 0 Å². The summed E-state index contributed by atoms with van der Waals surface area (Å²) in [5, 5.41) is 17.0. The highest BCUT2D eigenvalue weighted by atomic mass is 16.4. The molecule has 1 aliphatic rings. The first kappa shape index (κ1) is 28.2. The van der Waals surface area contributed by atoms with Gasteiger partial charge in [-0.25, -0.2) is 4.79 Å². The van der Waals surface area contributed by atoms with Crippen molar-refractivity contribution in [2.75, 3.05) is 11.9 Å². The van der Waals surface area contributed by atoms with Crippen molar-refractivity contribution in [1.82, 2.24) is 15.5 Å². The number of anilines is 1. The average Bonchev–Trinajstić information content (AvgIpc) is 3.14. The third kappa shape index (κ3) is 8.03. The number of carboxylic acid groups (broad SMARTS) is 1. The number of imide groups is 1. The minimum absolute atomic E-state index is 0.0769. The Labute approximate surface area is 209 Å². The standard InChI is InChI=1S/C25H32N4O7/c1-15(2)22(28-19(30)11-5-4-8-14-29-20(31)12-13-21(29)32)24(34)26-16(3)23(33)27-18-10-7-6-9-17(18)25(35)36/h6-7,9-10,12-13,15-16,22H,4-5,8,11,14H2,1-3H3,(H,26,34)(H,27,33)(H,28,30)(H,35,36)/t16-,22-/m0/s1. The predicted molar refractivity (Wildman–Crippen MR) is 131 cm³/mol. The summed E-state index contributed by atoms with van der Waals surface area (Å²) in [4.78, 5) is 73.2. The van der Waals surface area contributed by atoms with Crippen molar-refractivity contribution in [3.05, 3.63) is 42.0 Å². The maximum Gasteiger partial charge on any atom is 0.337 e. The molecule has 5 amide bonds. The average molecular weight is 501 g/mol. The molecule has 11 heteroatoms. The number of nitrogens with one attached hydrogen (secondary N) is 3. The summed E-state index contributed by atoms with van der Waals surface area (Å²) >= 11 is 0. The van der Waals surface area contributed by atoms with Gasteiger partial charge in [-0.2, -0.15) is 0 Å². The van der Waals surface area contributed by atoms with Gasteiger partial charge in [0.05, 0.1) is 11.3 Å². The summed E-state index contributed by atoms with van der Waals surface area (Å²) in [7, 11) is 0. The third-order valence-electron chi connectivity index (χ3n) is 5.62. The normalized spacial score (nSPS) is 14.5. The Morgan fingerprint density at radius 1 is 0.889 bits per heavy atom. The molecule has 0 aromatic heterocycles. The van der Waals surface area contributed by atoms with Crippen molar-refractivity contribution in [2.24, 2.45) is 5.92 Å². The monoisotopic (exact) mass is 500 g/mol. The van der Waals surface area contributed by atoms with Crippen LogP contribution in [-0.4, -0.2) is 64.1 Å². The van der Waals surface area contributed by atoms with Gasteiger partial charge in [0.15, 0.2) is 0 Å². The highest BCUT2D eigenvalue weighted by Gasteiger charge is 2.27. The van der Waals surface area contributed by atoms with Crippen LogP contribution in [0.1, 0.15) is 56.8 Å². The van der Waals surface area contributed by atoms with E-state index < -0.39 is 29.9 Å². The lowest BCUT2D eigenvalue weighted by molar-refractivity contribution is -0.137. The van der Waals surface area contributed by atoms with E-state index in [1.165, 1.54) is 37.3 Å². The Balaban J connectivity index is 1.80. The molecule has 1 aromatic rings. The van der Waals surface area contributed by atoms with Gasteiger partial charge in [0.1, 0.15) is 12.1 Å². The van der Waals surface area contributed by atoms with E-state index in [1.807, 2.05) is 0 Å². The van der Waals surface area contributed by atoms with Gasteiger partial charge in [0.2, 0.25) is 17.7 Å². The van der Waals surface area contributed by atoms with Crippen LogP contribution in [0.4, 0.5) is 5.69 Å². The van der Waals surface area contributed by atoms with Gasteiger partial charge in [-0.1, -0.05) is 32.4 Å². The highest BCUT2D eigenvalue weighted by molar-refractivity contribution is 6.12. The number of carbonyl (C=O) groups is 6. The second-order valence-corrected chi connectivity index (χ2v) is 8.83. The molecule has 2 rings (SSSR count). The predicted octanol–water partition coefficient (Wildman–Crippen LogP) is 1.45. The zero-order valence-corrected chi connectivity index (χ0v) is 20.6. The summed E-state index contributed by atoms with van der Waals surface area (Å²) in [6.45, 7) is 5.27. The number of hydrogen-bond donors (Lipinski definition) is 4. The molecule has 11 nitrogen and oxygen atoms in total. The van der Waals surface area contributed by atoms with E-state index >= 15 is 0 Å². The molecule has 0 saturated carbocycles. The van der Waals surface area contributed by atoms with Crippen LogP contribution in [0.2, 0.25) is 0 Å². The van der Waals surface area contributed by atoms with Crippen LogP contribution < -0.4 is 16.0 Å². The summed E-state index contributed by atoms with van der Waals surface area (Å²) in [5.41, 5.74) is 0.0338. The zero-order chi connectivity index (χ0) is 26.8. The van der Waals surface area contributed by atoms with E-state index in [0.717, 1.165) is 4.90 Å². The van der Waals surface area contributed by atoms with Gasteiger partial charge in [-0.15, -0.1) is 0 Å². The lowest BCUT2D eigenvalue weighted by atomic mass is 10.0. The number of nitrogens with zero attached hydrogens (tertiary/aromatic N) is 1. The lowest BCUT2D eigenvalue weighted by Crippen LogP contribution is -2.53. The number of amides is 5. The second-order valence-electron chi connectivity index (χ2n) is 8.83. The summed E-state index contributed by atoms with van der Waals surface area (Å²) in [6, 6.07) is 4.07. The SMILES string of the molecule is CC(C)[C@H](NC(=O)CCCCCN1C(=O)C=CC1=O)C(=O)N[C@@H](C)C(=O)Nc1ccccc1C(=O)O. The molecular weight excluding hydrogens is 468 g/mol. The Morgan fingerprint density at radius 3 is 2.14 bits per heavy atom. The topological polar surface area (TPSA) is 162 Å². The number of carbonyl (C=O) groups excluding carboxylic acids is 5. The first-order valence-electron chi connectivity index (χ1n) is 11.8. The molecule has 1 aliphatic heterocycles. The molecule has 4 N–H and O–H groups in total. The van der Waals surface area contributed by atoms with Crippen molar-refractivity contribution in [3.63, 3.8) is 0 Å². The van der Waals surface area contributed by atoms with E-state index in [1.54, 1.807) is 19.9 Å². The van der Waals surface area contributed by atoms with Gasteiger partial charge >= 0.3 is 5.97 Å². The van der Waals surface area contributed by atoms with Crippen LogP contribution >= 0.6 is 0 Å². The Kier molecular flexibility index (Phi) is 10.3. The van der Waals surface area contributed by atoms with E-state index in [0.29, 0.717) is 25.8 Å². The van der Waals surface area contributed by atoms with Crippen molar-refractivity contribution >= 4 is 41.2 Å². The minimum Gasteiger partial charge on any atom is -0.478 e. The highest BCUT2D eigenvalue weighted by Crippen LogP contribution is 2.15. The van der Waals surface area contributed by atoms with E-state index in [4.69, 9.17) is 0 Å². The minimum atomic E-state index is -1.19. The van der Waals surface area contributed by atoms with Crippen LogP contribution in [0, 0.1) is 5.92 Å². The van der Waals surface area contributed by atoms with E-state index in [-0.39, 0.29) is 41.3 Å². The van der Waals surface area contributed by atoms with Gasteiger partial charge in [0.25, 0.3) is 11.8 Å². The molecule has 0 unspecified atom stereocenters. The number of benzene rings is 1. The molecule has 0 saturated heterocycles. The molecule has 0 aliphatic carbocycles. The molecule has 194 valence electrons. The number of carboxylic acids is 1. The molecule has 2 atom stereocenters. The van der Waals surface area contributed by atoms with Crippen LogP contribution in [0.15, 0.2) is 36.4 Å². The fourth-order valence-electron chi connectivity index (χ4n) is 3.55. The molecule has 0 radical (unpaired) electrons. The Hall–Kier alpha value is -4.02. The molecule has 1 aromatic carbocycles. The van der Waals surface area contributed by atoms with E-state index in [9.17, 15) is 33.9 Å². The van der Waals surface area contributed by atoms with Crippen LogP contribution in [0.25, 0.3) is 0 Å². The smallest absolute Gasteiger partial charge is 0.337 e. The van der Waals surface area contributed by atoms with Gasteiger partial charge < -0.3 is 21.1 Å². The quantitative estimate of drug-likeness (QED) is 0.235. The van der Waals surface area contributed by atoms with Crippen molar-refractivity contribution in [2.45, 2.75) is 58.5 Å². The van der Waals surface area contributed by atoms with Gasteiger partial charge in [0, 0.05) is 25.1 Å². The van der Waals surface area contributed by atoms with Crippen molar-refractivity contribution < 1.29 is 33.9 Å². The maximum atomic E-state index is 12.8. The first-order valence-corrected chi connectivity index (χ1v) is 11.8. The Morgan fingerprint density at radius 2 is 1.53 bits per heavy atom. The second kappa shape index (κ2) is 13.2. The number of hydrogen-bond acceptors (Lipinski definition) is 6. The fraction of sp³-hybridized carbons (Fsp3) is 0.440. The zero-order valence-electron chi connectivity index (χ0n) is 20.6. The first-order chi connectivity index (χ1) is 17.0. The van der Waals surface area contributed by atoms with Gasteiger partial charge in [-0.3, -0.25) is 28.9 Å². The lowest BCUT2D eigenvalue weighted by Gasteiger charge is -2.24. The summed E-state index contributed by atoms with van der Waals surface area (Å²) in [6.07, 6.45) is 4.33. The molecule has 0 bridgehead atoms. The number of aromatic carboxylic acids is 1. The number of rotatable bonds is 13. The van der Waals surface area contributed by atoms with Crippen LogP contribution in [-0.2, 0) is 24.0 Å². The summed E-state index contributed by atoms with van der Waals surface area (Å²) in [5.74, 6) is -3.58. The summed E-state index contributed by atoms with van der Waals surface area (Å²) < 4.78 is 0. The van der Waals surface area contributed by atoms with Crippen LogP contribution in [0.5, 0.6) is 0 Å². The molecular formula is C25H32N4O7. The van der Waals surface area contributed by atoms with Crippen molar-refractivity contribution in [1.29, 1.82) is 0 Å². The van der Waals surface area contributed by atoms with E-state index in [2.05, 4.69) is 16.0 Å². The molecule has 36 heavy (non-hydrogen) atoms. The number of para-hydroxylation sites is 1. The maximum absolute atomic E-state index is 12.8. The molecule has 0 fully saturated rings. The molecule has 1 heterocycles. The molecule has 0 spiro atoms. The largest absolute Gasteiger partial charge is 0.478 e. The van der Waals surface area contributed by atoms with Crippen LogP contribution in [0.3, 0.4) is 0 Å². The third-order valence-corrected chi connectivity index (χ3v) is 5.62. The Bertz CT molecular complexity index is 1030. The number of unbranched alkanes of at least 4 members (excludes halogenated alkanes) is 2.